The minimum Gasteiger partial charge on any atom is -0.497 e. The number of hydrogen-bond acceptors (Lipinski definition) is 6. The van der Waals surface area contributed by atoms with Crippen molar-refractivity contribution in [3.8, 4) is 16.9 Å². The molecule has 8 heteroatoms. The Bertz CT molecular complexity index is 1090. The lowest BCUT2D eigenvalue weighted by Crippen LogP contribution is -2.41. The quantitative estimate of drug-likeness (QED) is 0.548. The van der Waals surface area contributed by atoms with E-state index in [2.05, 4.69) is 16.9 Å². The number of likely N-dealkylation sites (tertiary alicyclic amines) is 1. The predicted molar refractivity (Wildman–Crippen MR) is 128 cm³/mol. The van der Waals surface area contributed by atoms with Crippen molar-refractivity contribution in [2.24, 2.45) is 0 Å². The maximum Gasteiger partial charge on any atom is 0.243 e. The first-order chi connectivity index (χ1) is 16.0. The van der Waals surface area contributed by atoms with Crippen molar-refractivity contribution in [1.29, 1.82) is 0 Å². The van der Waals surface area contributed by atoms with Crippen LogP contribution in [0.25, 0.3) is 11.1 Å². The molecule has 0 bridgehead atoms. The van der Waals surface area contributed by atoms with Crippen LogP contribution in [-0.2, 0) is 17.8 Å². The number of carbonyl (C=O) groups excluding carboxylic acids is 1. The highest BCUT2D eigenvalue weighted by molar-refractivity contribution is 5.77. The molecule has 0 spiro atoms. The van der Waals surface area contributed by atoms with Crippen molar-refractivity contribution in [2.45, 2.75) is 45.2 Å². The number of benzene rings is 1. The van der Waals surface area contributed by atoms with Crippen LogP contribution in [-0.4, -0.2) is 58.1 Å². The Morgan fingerprint density at radius 2 is 1.97 bits per heavy atom. The summed E-state index contributed by atoms with van der Waals surface area (Å²) < 4.78 is 7.27. The number of nitrogens with zero attached hydrogens (tertiary/aromatic N) is 6. The molecule has 1 aliphatic rings. The van der Waals surface area contributed by atoms with Gasteiger partial charge in [-0.3, -0.25) is 4.79 Å². The SMILES string of the molecule is CCc1nccn1CC(=O)N1CCCC[C@H]1c1nc(N(C)C)ncc1-c1ccc(OC)cc1. The van der Waals surface area contributed by atoms with E-state index in [1.807, 2.05) is 65.1 Å². The summed E-state index contributed by atoms with van der Waals surface area (Å²) in [6.45, 7) is 3.07. The van der Waals surface area contributed by atoms with E-state index in [0.29, 0.717) is 12.5 Å². The summed E-state index contributed by atoms with van der Waals surface area (Å²) in [4.78, 5) is 31.3. The molecule has 1 saturated heterocycles. The molecule has 3 heterocycles. The third-order valence-corrected chi connectivity index (χ3v) is 6.17. The molecule has 0 radical (unpaired) electrons. The van der Waals surface area contributed by atoms with Crippen LogP contribution in [0, 0.1) is 0 Å². The molecule has 8 nitrogen and oxygen atoms in total. The molecule has 0 saturated carbocycles. The van der Waals surface area contributed by atoms with Gasteiger partial charge in [-0.2, -0.15) is 0 Å². The van der Waals surface area contributed by atoms with Crippen molar-refractivity contribution in [2.75, 3.05) is 32.6 Å². The Hall–Kier alpha value is -3.42. The first-order valence-corrected chi connectivity index (χ1v) is 11.5. The Morgan fingerprint density at radius 1 is 1.18 bits per heavy atom. The highest BCUT2D eigenvalue weighted by atomic mass is 16.5. The van der Waals surface area contributed by atoms with E-state index >= 15 is 0 Å². The summed E-state index contributed by atoms with van der Waals surface area (Å²) in [6, 6.07) is 7.82. The van der Waals surface area contributed by atoms with Crippen LogP contribution < -0.4 is 9.64 Å². The highest BCUT2D eigenvalue weighted by Gasteiger charge is 2.32. The molecule has 1 amide bonds. The van der Waals surface area contributed by atoms with Crippen LogP contribution >= 0.6 is 0 Å². The van der Waals surface area contributed by atoms with E-state index in [4.69, 9.17) is 9.72 Å². The molecule has 33 heavy (non-hydrogen) atoms. The van der Waals surface area contributed by atoms with Crippen molar-refractivity contribution >= 4 is 11.9 Å². The zero-order valence-electron chi connectivity index (χ0n) is 19.9. The molecule has 0 aliphatic carbocycles. The lowest BCUT2D eigenvalue weighted by Gasteiger charge is -2.36. The second-order valence-corrected chi connectivity index (χ2v) is 8.52. The maximum absolute atomic E-state index is 13.5. The van der Waals surface area contributed by atoms with Crippen molar-refractivity contribution in [3.05, 3.63) is 54.4 Å². The number of carbonyl (C=O) groups is 1. The maximum atomic E-state index is 13.5. The van der Waals surface area contributed by atoms with Gasteiger partial charge in [-0.15, -0.1) is 0 Å². The molecule has 0 unspecified atom stereocenters. The van der Waals surface area contributed by atoms with E-state index in [-0.39, 0.29) is 11.9 Å². The van der Waals surface area contributed by atoms with E-state index in [0.717, 1.165) is 60.6 Å². The average Bonchev–Trinajstić information content (AvgIpc) is 3.30. The monoisotopic (exact) mass is 448 g/mol. The predicted octanol–water partition coefficient (Wildman–Crippen LogP) is 3.73. The Labute approximate surface area is 195 Å². The Morgan fingerprint density at radius 3 is 2.67 bits per heavy atom. The van der Waals surface area contributed by atoms with Crippen molar-refractivity contribution in [3.63, 3.8) is 0 Å². The third-order valence-electron chi connectivity index (χ3n) is 6.17. The molecule has 1 aliphatic heterocycles. The first kappa shape index (κ1) is 22.8. The van der Waals surface area contributed by atoms with Gasteiger partial charge in [0.2, 0.25) is 11.9 Å². The van der Waals surface area contributed by atoms with Crippen molar-refractivity contribution < 1.29 is 9.53 Å². The molecule has 1 aromatic carbocycles. The summed E-state index contributed by atoms with van der Waals surface area (Å²) in [5.74, 6) is 2.46. The van der Waals surface area contributed by atoms with E-state index in [1.165, 1.54) is 0 Å². The number of rotatable bonds is 7. The van der Waals surface area contributed by atoms with E-state index < -0.39 is 0 Å². The average molecular weight is 449 g/mol. The van der Waals surface area contributed by atoms with Gasteiger partial charge < -0.3 is 19.1 Å². The zero-order valence-corrected chi connectivity index (χ0v) is 19.9. The van der Waals surface area contributed by atoms with Gasteiger partial charge in [0.1, 0.15) is 18.1 Å². The third kappa shape index (κ3) is 4.84. The van der Waals surface area contributed by atoms with Gasteiger partial charge in [-0.1, -0.05) is 19.1 Å². The van der Waals surface area contributed by atoms with Crippen LogP contribution in [0.2, 0.25) is 0 Å². The molecular formula is C25H32N6O2. The number of aryl methyl sites for hydroxylation is 1. The number of aromatic nitrogens is 4. The number of imidazole rings is 1. The number of methoxy groups -OCH3 is 1. The lowest BCUT2D eigenvalue weighted by molar-refractivity contribution is -0.135. The summed E-state index contributed by atoms with van der Waals surface area (Å²) in [6.07, 6.45) is 9.25. The van der Waals surface area contributed by atoms with E-state index in [9.17, 15) is 4.79 Å². The minimum absolute atomic E-state index is 0.0955. The second kappa shape index (κ2) is 10.0. The summed E-state index contributed by atoms with van der Waals surface area (Å²) >= 11 is 0. The van der Waals surface area contributed by atoms with Crippen LogP contribution in [0.15, 0.2) is 42.9 Å². The van der Waals surface area contributed by atoms with Crippen LogP contribution in [0.5, 0.6) is 5.75 Å². The fraction of sp³-hybridized carbons (Fsp3) is 0.440. The molecule has 3 aromatic rings. The van der Waals surface area contributed by atoms with Crippen LogP contribution in [0.3, 0.4) is 0 Å². The topological polar surface area (TPSA) is 76.4 Å². The fourth-order valence-electron chi connectivity index (χ4n) is 4.40. The van der Waals surface area contributed by atoms with Gasteiger partial charge in [0.25, 0.3) is 0 Å². The van der Waals surface area contributed by atoms with Crippen LogP contribution in [0.4, 0.5) is 5.95 Å². The summed E-state index contributed by atoms with van der Waals surface area (Å²) in [5, 5.41) is 0. The van der Waals surface area contributed by atoms with Gasteiger partial charge in [-0.05, 0) is 37.0 Å². The summed E-state index contributed by atoms with van der Waals surface area (Å²) in [7, 11) is 5.52. The first-order valence-electron chi connectivity index (χ1n) is 11.5. The molecule has 0 N–H and O–H groups in total. The largest absolute Gasteiger partial charge is 0.497 e. The van der Waals surface area contributed by atoms with E-state index in [1.54, 1.807) is 13.3 Å². The Balaban J connectivity index is 1.72. The number of piperidine rings is 1. The Kier molecular flexibility index (Phi) is 6.91. The highest BCUT2D eigenvalue weighted by Crippen LogP contribution is 2.37. The minimum atomic E-state index is -0.0985. The van der Waals surface area contributed by atoms with Gasteiger partial charge in [0.15, 0.2) is 0 Å². The normalized spacial score (nSPS) is 16.0. The smallest absolute Gasteiger partial charge is 0.243 e. The molecule has 1 atom stereocenters. The molecular weight excluding hydrogens is 416 g/mol. The molecule has 2 aromatic heterocycles. The lowest BCUT2D eigenvalue weighted by atomic mass is 9.93. The standard InChI is InChI=1S/C25H32N6O2/c1-5-22-26-13-15-30(22)17-23(32)31-14-7-6-8-21(31)24-20(16-27-25(28-24)29(2)3)18-9-11-19(33-4)12-10-18/h9-13,15-16,21H,5-8,14,17H2,1-4H3/t21-/m0/s1. The van der Waals surface area contributed by atoms with Crippen molar-refractivity contribution in [1.82, 2.24) is 24.4 Å². The second-order valence-electron chi connectivity index (χ2n) is 8.52. The number of anilines is 1. The molecule has 1 fully saturated rings. The van der Waals surface area contributed by atoms with Crippen LogP contribution in [0.1, 0.15) is 43.7 Å². The fourth-order valence-corrected chi connectivity index (χ4v) is 4.40. The van der Waals surface area contributed by atoms with Gasteiger partial charge in [0, 0.05) is 51.2 Å². The molecule has 4 rings (SSSR count). The number of ether oxygens (including phenoxy) is 1. The van der Waals surface area contributed by atoms with Gasteiger partial charge >= 0.3 is 0 Å². The molecule has 174 valence electrons. The number of hydrogen-bond donors (Lipinski definition) is 0. The summed E-state index contributed by atoms with van der Waals surface area (Å²) in [5.41, 5.74) is 2.86. The van der Waals surface area contributed by atoms with Gasteiger partial charge in [-0.25, -0.2) is 15.0 Å². The van der Waals surface area contributed by atoms with Gasteiger partial charge in [0.05, 0.1) is 18.8 Å². The zero-order chi connectivity index (χ0) is 23.4. The number of amides is 1.